The summed E-state index contributed by atoms with van der Waals surface area (Å²) in [4.78, 5) is 19.0. The molecule has 1 amide bonds. The molecule has 5 nitrogen and oxygen atoms in total. The van der Waals surface area contributed by atoms with E-state index in [1.54, 1.807) is 12.3 Å². The van der Waals surface area contributed by atoms with Crippen LogP contribution in [0.15, 0.2) is 42.6 Å². The Morgan fingerprint density at radius 3 is 3.00 bits per heavy atom. The van der Waals surface area contributed by atoms with Crippen LogP contribution in [0.4, 0.5) is 4.39 Å². The molecule has 0 saturated carbocycles. The number of rotatable bonds is 6. The molecule has 6 heteroatoms. The Balaban J connectivity index is 1.51. The molecule has 1 fully saturated rings. The Bertz CT molecular complexity index is 724. The van der Waals surface area contributed by atoms with E-state index in [-0.39, 0.29) is 17.2 Å². The Labute approximate surface area is 146 Å². The molecule has 25 heavy (non-hydrogen) atoms. The second kappa shape index (κ2) is 8.07. The zero-order valence-electron chi connectivity index (χ0n) is 14.2. The third kappa shape index (κ3) is 4.33. The summed E-state index contributed by atoms with van der Waals surface area (Å²) in [5.41, 5.74) is 1.28. The highest BCUT2D eigenvalue weighted by Crippen LogP contribution is 2.22. The Morgan fingerprint density at radius 2 is 2.24 bits per heavy atom. The van der Waals surface area contributed by atoms with Gasteiger partial charge in [-0.1, -0.05) is 12.1 Å². The highest BCUT2D eigenvalue weighted by Gasteiger charge is 2.24. The van der Waals surface area contributed by atoms with Crippen molar-refractivity contribution in [2.24, 2.45) is 5.92 Å². The highest BCUT2D eigenvalue weighted by atomic mass is 19.1. The van der Waals surface area contributed by atoms with Crippen LogP contribution in [0.3, 0.4) is 0 Å². The zero-order valence-corrected chi connectivity index (χ0v) is 14.2. The summed E-state index contributed by atoms with van der Waals surface area (Å²) in [5, 5.41) is 2.90. The SMILES string of the molecule is COc1c(F)cccc1C(=O)NC[C@H]1CCN(Cc2ccccn2)C1. The smallest absolute Gasteiger partial charge is 0.255 e. The number of nitrogens with one attached hydrogen (secondary N) is 1. The fraction of sp³-hybridized carbons (Fsp3) is 0.368. The number of amides is 1. The molecule has 0 aliphatic carbocycles. The van der Waals surface area contributed by atoms with Gasteiger partial charge in [0.15, 0.2) is 11.6 Å². The maximum absolute atomic E-state index is 13.7. The third-order valence-electron chi connectivity index (χ3n) is 4.45. The Morgan fingerprint density at radius 1 is 1.36 bits per heavy atom. The molecule has 1 aromatic carbocycles. The molecule has 1 saturated heterocycles. The lowest BCUT2D eigenvalue weighted by molar-refractivity contribution is 0.0943. The number of halogens is 1. The van der Waals surface area contributed by atoms with Crippen LogP contribution in [-0.4, -0.2) is 42.5 Å². The zero-order chi connectivity index (χ0) is 17.6. The van der Waals surface area contributed by atoms with Gasteiger partial charge >= 0.3 is 0 Å². The van der Waals surface area contributed by atoms with Crippen molar-refractivity contribution < 1.29 is 13.9 Å². The van der Waals surface area contributed by atoms with Gasteiger partial charge in [0, 0.05) is 25.8 Å². The second-order valence-corrected chi connectivity index (χ2v) is 6.24. The molecular weight excluding hydrogens is 321 g/mol. The van der Waals surface area contributed by atoms with E-state index in [9.17, 15) is 9.18 Å². The van der Waals surface area contributed by atoms with Crippen LogP contribution in [0.1, 0.15) is 22.5 Å². The number of pyridine rings is 1. The summed E-state index contributed by atoms with van der Waals surface area (Å²) in [6, 6.07) is 10.3. The van der Waals surface area contributed by atoms with Crippen molar-refractivity contribution in [3.8, 4) is 5.75 Å². The van der Waals surface area contributed by atoms with Crippen LogP contribution in [0.25, 0.3) is 0 Å². The van der Waals surface area contributed by atoms with Crippen LogP contribution >= 0.6 is 0 Å². The summed E-state index contributed by atoms with van der Waals surface area (Å²) in [7, 11) is 1.36. The van der Waals surface area contributed by atoms with Crippen molar-refractivity contribution in [2.75, 3.05) is 26.7 Å². The van der Waals surface area contributed by atoms with E-state index in [4.69, 9.17) is 4.74 Å². The maximum Gasteiger partial charge on any atom is 0.255 e. The molecule has 2 heterocycles. The number of ether oxygens (including phenoxy) is 1. The first kappa shape index (κ1) is 17.4. The molecule has 132 valence electrons. The fourth-order valence-corrected chi connectivity index (χ4v) is 3.17. The van der Waals surface area contributed by atoms with E-state index in [0.29, 0.717) is 12.5 Å². The van der Waals surface area contributed by atoms with E-state index < -0.39 is 5.82 Å². The van der Waals surface area contributed by atoms with Gasteiger partial charge in [0.1, 0.15) is 0 Å². The fourth-order valence-electron chi connectivity index (χ4n) is 3.17. The summed E-state index contributed by atoms with van der Waals surface area (Å²) in [5.74, 6) is -0.465. The van der Waals surface area contributed by atoms with Crippen LogP contribution in [0.5, 0.6) is 5.75 Å². The molecule has 2 aromatic rings. The lowest BCUT2D eigenvalue weighted by Crippen LogP contribution is -2.31. The van der Waals surface area contributed by atoms with Gasteiger partial charge in [-0.15, -0.1) is 0 Å². The minimum Gasteiger partial charge on any atom is -0.493 e. The molecular formula is C19H22FN3O2. The molecule has 1 N–H and O–H groups in total. The van der Waals surface area contributed by atoms with Gasteiger partial charge in [-0.2, -0.15) is 0 Å². The molecule has 3 rings (SSSR count). The van der Waals surface area contributed by atoms with Crippen molar-refractivity contribution in [2.45, 2.75) is 13.0 Å². The molecule has 1 aromatic heterocycles. The number of carbonyl (C=O) groups is 1. The lowest BCUT2D eigenvalue weighted by atomic mass is 10.1. The highest BCUT2D eigenvalue weighted by molar-refractivity contribution is 5.96. The summed E-state index contributed by atoms with van der Waals surface area (Å²) in [6.45, 7) is 3.29. The molecule has 1 aliphatic rings. The van der Waals surface area contributed by atoms with Crippen LogP contribution in [0, 0.1) is 11.7 Å². The minimum absolute atomic E-state index is 0.0109. The number of aromatic nitrogens is 1. The van der Waals surface area contributed by atoms with Gasteiger partial charge < -0.3 is 10.1 Å². The van der Waals surface area contributed by atoms with Crippen molar-refractivity contribution in [1.29, 1.82) is 0 Å². The van der Waals surface area contributed by atoms with Crippen molar-refractivity contribution in [3.63, 3.8) is 0 Å². The minimum atomic E-state index is -0.530. The number of methoxy groups -OCH3 is 1. The molecule has 0 unspecified atom stereocenters. The van der Waals surface area contributed by atoms with Gasteiger partial charge in [-0.25, -0.2) is 4.39 Å². The molecule has 0 radical (unpaired) electrons. The maximum atomic E-state index is 13.7. The number of likely N-dealkylation sites (tertiary alicyclic amines) is 1. The normalized spacial score (nSPS) is 17.4. The van der Waals surface area contributed by atoms with Crippen molar-refractivity contribution in [3.05, 3.63) is 59.7 Å². The Hall–Kier alpha value is -2.47. The first-order valence-corrected chi connectivity index (χ1v) is 8.40. The van der Waals surface area contributed by atoms with E-state index >= 15 is 0 Å². The number of hydrogen-bond acceptors (Lipinski definition) is 4. The van der Waals surface area contributed by atoms with Crippen LogP contribution in [-0.2, 0) is 6.54 Å². The second-order valence-electron chi connectivity index (χ2n) is 6.24. The van der Waals surface area contributed by atoms with Gasteiger partial charge in [-0.05, 0) is 43.1 Å². The largest absolute Gasteiger partial charge is 0.493 e. The predicted octanol–water partition coefficient (Wildman–Crippen LogP) is 2.48. The van der Waals surface area contributed by atoms with Crippen molar-refractivity contribution >= 4 is 5.91 Å². The van der Waals surface area contributed by atoms with Gasteiger partial charge in [0.25, 0.3) is 5.91 Å². The van der Waals surface area contributed by atoms with Gasteiger partial charge in [0.05, 0.1) is 18.4 Å². The van der Waals surface area contributed by atoms with E-state index in [1.165, 1.54) is 19.2 Å². The number of para-hydroxylation sites is 1. The number of carbonyl (C=O) groups excluding carboxylic acids is 1. The monoisotopic (exact) mass is 343 g/mol. The topological polar surface area (TPSA) is 54.5 Å². The predicted molar refractivity (Wildman–Crippen MR) is 92.9 cm³/mol. The summed E-state index contributed by atoms with van der Waals surface area (Å²) in [6.07, 6.45) is 2.82. The quantitative estimate of drug-likeness (QED) is 0.875. The number of nitrogens with zero attached hydrogens (tertiary/aromatic N) is 2. The van der Waals surface area contributed by atoms with Gasteiger partial charge in [-0.3, -0.25) is 14.7 Å². The van der Waals surface area contributed by atoms with Crippen LogP contribution in [0.2, 0.25) is 0 Å². The Kier molecular flexibility index (Phi) is 5.60. The molecule has 1 atom stereocenters. The summed E-state index contributed by atoms with van der Waals surface area (Å²) < 4.78 is 18.7. The van der Waals surface area contributed by atoms with E-state index in [2.05, 4.69) is 15.2 Å². The number of benzene rings is 1. The molecule has 0 spiro atoms. The lowest BCUT2D eigenvalue weighted by Gasteiger charge is -2.16. The van der Waals surface area contributed by atoms with E-state index in [0.717, 1.165) is 31.7 Å². The standard InChI is InChI=1S/C19H22FN3O2/c1-25-18-16(6-4-7-17(18)20)19(24)22-11-14-8-10-23(12-14)13-15-5-2-3-9-21-15/h2-7,9,14H,8,10-13H2,1H3,(H,22,24)/t14-/m1/s1. The average molecular weight is 343 g/mol. The van der Waals surface area contributed by atoms with Gasteiger partial charge in [0.2, 0.25) is 0 Å². The molecule has 0 bridgehead atoms. The third-order valence-corrected chi connectivity index (χ3v) is 4.45. The van der Waals surface area contributed by atoms with Crippen LogP contribution < -0.4 is 10.1 Å². The first-order valence-electron chi connectivity index (χ1n) is 8.40. The molecule has 1 aliphatic heterocycles. The number of hydrogen-bond donors (Lipinski definition) is 1. The first-order chi connectivity index (χ1) is 12.2. The van der Waals surface area contributed by atoms with Crippen molar-refractivity contribution in [1.82, 2.24) is 15.2 Å². The van der Waals surface area contributed by atoms with E-state index in [1.807, 2.05) is 18.2 Å². The average Bonchev–Trinajstić information content (AvgIpc) is 3.07. The summed E-state index contributed by atoms with van der Waals surface area (Å²) >= 11 is 0.